The molecule has 5 nitrogen and oxygen atoms in total. The molecule has 1 aliphatic rings. The van der Waals surface area contributed by atoms with Gasteiger partial charge >= 0.3 is 0 Å². The molecule has 122 valence electrons. The molecule has 0 saturated carbocycles. The van der Waals surface area contributed by atoms with Crippen molar-refractivity contribution in [3.63, 3.8) is 0 Å². The van der Waals surface area contributed by atoms with Crippen LogP contribution in [0.2, 0.25) is 0 Å². The highest BCUT2D eigenvalue weighted by atomic mass is 32.2. The fourth-order valence-corrected chi connectivity index (χ4v) is 3.87. The fraction of sp³-hybridized carbons (Fsp3) is 0.500. The Morgan fingerprint density at radius 1 is 1.18 bits per heavy atom. The van der Waals surface area contributed by atoms with Crippen LogP contribution < -0.4 is 4.74 Å². The molecule has 0 bridgehead atoms. The molecule has 22 heavy (non-hydrogen) atoms. The molecule has 6 heteroatoms. The van der Waals surface area contributed by atoms with Crippen molar-refractivity contribution in [1.29, 1.82) is 0 Å². The minimum atomic E-state index is -3.42. The number of hydrogen-bond donors (Lipinski definition) is 0. The van der Waals surface area contributed by atoms with Crippen molar-refractivity contribution in [3.8, 4) is 5.75 Å². The zero-order valence-electron chi connectivity index (χ0n) is 13.2. The summed E-state index contributed by atoms with van der Waals surface area (Å²) in [6.45, 7) is 10.9. The Morgan fingerprint density at radius 3 is 2.27 bits per heavy atom. The minimum absolute atomic E-state index is 0.0698. The molecular weight excluding hydrogens is 300 g/mol. The van der Waals surface area contributed by atoms with Crippen molar-refractivity contribution in [2.45, 2.75) is 24.8 Å². The van der Waals surface area contributed by atoms with E-state index in [2.05, 4.69) is 11.5 Å². The maximum atomic E-state index is 12.6. The van der Waals surface area contributed by atoms with Gasteiger partial charge in [0.15, 0.2) is 0 Å². The molecule has 0 aromatic heterocycles. The lowest BCUT2D eigenvalue weighted by Crippen LogP contribution is -2.48. The fourth-order valence-electron chi connectivity index (χ4n) is 2.45. The normalized spacial score (nSPS) is 17.6. The molecule has 0 amide bonds. The van der Waals surface area contributed by atoms with E-state index in [1.54, 1.807) is 28.6 Å². The average Bonchev–Trinajstić information content (AvgIpc) is 2.48. The summed E-state index contributed by atoms with van der Waals surface area (Å²) in [7, 11) is -3.42. The maximum absolute atomic E-state index is 12.6. The second-order valence-electron chi connectivity index (χ2n) is 5.63. The first kappa shape index (κ1) is 17.0. The first-order valence-corrected chi connectivity index (χ1v) is 8.97. The van der Waals surface area contributed by atoms with Crippen LogP contribution in [0, 0.1) is 0 Å². The summed E-state index contributed by atoms with van der Waals surface area (Å²) in [5.74, 6) is 0.685. The van der Waals surface area contributed by atoms with E-state index in [9.17, 15) is 8.42 Å². The number of piperazine rings is 1. The lowest BCUT2D eigenvalue weighted by molar-refractivity contribution is 0.204. The quantitative estimate of drug-likeness (QED) is 0.751. The molecule has 0 spiro atoms. The number of hydrogen-bond acceptors (Lipinski definition) is 4. The van der Waals surface area contributed by atoms with Gasteiger partial charge in [0.2, 0.25) is 10.0 Å². The Labute approximate surface area is 133 Å². The van der Waals surface area contributed by atoms with E-state index in [0.717, 1.165) is 19.6 Å². The third kappa shape index (κ3) is 4.09. The van der Waals surface area contributed by atoms with Crippen molar-refractivity contribution in [1.82, 2.24) is 9.21 Å². The summed E-state index contributed by atoms with van der Waals surface area (Å²) >= 11 is 0. The van der Waals surface area contributed by atoms with Crippen LogP contribution in [0.15, 0.2) is 41.8 Å². The largest absolute Gasteiger partial charge is 0.491 e. The van der Waals surface area contributed by atoms with Gasteiger partial charge in [-0.05, 0) is 38.1 Å². The minimum Gasteiger partial charge on any atom is -0.491 e. The van der Waals surface area contributed by atoms with Gasteiger partial charge < -0.3 is 4.74 Å². The monoisotopic (exact) mass is 324 g/mol. The molecule has 1 aromatic rings. The van der Waals surface area contributed by atoms with Gasteiger partial charge in [-0.15, -0.1) is 6.58 Å². The third-order valence-electron chi connectivity index (χ3n) is 3.55. The molecule has 1 heterocycles. The van der Waals surface area contributed by atoms with Gasteiger partial charge in [0, 0.05) is 32.7 Å². The predicted octanol–water partition coefficient (Wildman–Crippen LogP) is 1.97. The van der Waals surface area contributed by atoms with E-state index in [1.807, 2.05) is 19.9 Å². The van der Waals surface area contributed by atoms with Gasteiger partial charge in [0.1, 0.15) is 5.75 Å². The first-order valence-electron chi connectivity index (χ1n) is 7.53. The predicted molar refractivity (Wildman–Crippen MR) is 87.6 cm³/mol. The summed E-state index contributed by atoms with van der Waals surface area (Å²) in [4.78, 5) is 2.51. The van der Waals surface area contributed by atoms with Crippen LogP contribution in [0.4, 0.5) is 0 Å². The Morgan fingerprint density at radius 2 is 1.77 bits per heavy atom. The topological polar surface area (TPSA) is 49.9 Å². The molecule has 1 saturated heterocycles. The van der Waals surface area contributed by atoms with Crippen LogP contribution >= 0.6 is 0 Å². The van der Waals surface area contributed by atoms with Crippen LogP contribution in [0.3, 0.4) is 0 Å². The molecule has 1 aliphatic heterocycles. The Hall–Kier alpha value is -1.37. The van der Waals surface area contributed by atoms with Crippen LogP contribution in [-0.4, -0.2) is 56.5 Å². The maximum Gasteiger partial charge on any atom is 0.243 e. The molecule has 1 fully saturated rings. The van der Waals surface area contributed by atoms with Gasteiger partial charge in [0.25, 0.3) is 0 Å². The van der Waals surface area contributed by atoms with Crippen molar-refractivity contribution in [3.05, 3.63) is 36.9 Å². The van der Waals surface area contributed by atoms with E-state index in [-0.39, 0.29) is 6.10 Å². The van der Waals surface area contributed by atoms with Gasteiger partial charge in [-0.1, -0.05) is 6.08 Å². The van der Waals surface area contributed by atoms with Crippen molar-refractivity contribution >= 4 is 10.0 Å². The molecule has 1 aromatic carbocycles. The summed E-state index contributed by atoms with van der Waals surface area (Å²) in [5, 5.41) is 0. The first-order chi connectivity index (χ1) is 10.4. The number of nitrogens with zero attached hydrogens (tertiary/aromatic N) is 2. The van der Waals surface area contributed by atoms with Crippen LogP contribution in [0.25, 0.3) is 0 Å². The SMILES string of the molecule is C=CCN1CCN(S(=O)(=O)c2ccc(OC(C)C)cc2)CC1. The summed E-state index contributed by atoms with van der Waals surface area (Å²) in [6, 6.07) is 6.65. The second kappa shape index (κ2) is 7.26. The molecular formula is C16H24N2O3S. The summed E-state index contributed by atoms with van der Waals surface area (Å²) in [6.07, 6.45) is 1.91. The second-order valence-corrected chi connectivity index (χ2v) is 7.57. The number of sulfonamides is 1. The van der Waals surface area contributed by atoms with E-state index in [4.69, 9.17) is 4.74 Å². The van der Waals surface area contributed by atoms with Crippen LogP contribution in [0.5, 0.6) is 5.75 Å². The van der Waals surface area contributed by atoms with Gasteiger partial charge in [-0.3, -0.25) is 4.90 Å². The van der Waals surface area contributed by atoms with E-state index >= 15 is 0 Å². The zero-order valence-corrected chi connectivity index (χ0v) is 14.1. The van der Waals surface area contributed by atoms with Crippen molar-refractivity contribution < 1.29 is 13.2 Å². The van der Waals surface area contributed by atoms with Crippen LogP contribution in [0.1, 0.15) is 13.8 Å². The lowest BCUT2D eigenvalue weighted by Gasteiger charge is -2.33. The highest BCUT2D eigenvalue weighted by Crippen LogP contribution is 2.21. The van der Waals surface area contributed by atoms with Gasteiger partial charge in [0.05, 0.1) is 11.0 Å². The third-order valence-corrected chi connectivity index (χ3v) is 5.46. The highest BCUT2D eigenvalue weighted by molar-refractivity contribution is 7.89. The smallest absolute Gasteiger partial charge is 0.243 e. The molecule has 2 rings (SSSR count). The van der Waals surface area contributed by atoms with Crippen LogP contribution in [-0.2, 0) is 10.0 Å². The molecule has 0 atom stereocenters. The highest BCUT2D eigenvalue weighted by Gasteiger charge is 2.28. The molecule has 0 N–H and O–H groups in total. The Kier molecular flexibility index (Phi) is 5.61. The van der Waals surface area contributed by atoms with Gasteiger partial charge in [-0.25, -0.2) is 8.42 Å². The Balaban J connectivity index is 2.06. The van der Waals surface area contributed by atoms with E-state index in [0.29, 0.717) is 23.7 Å². The van der Waals surface area contributed by atoms with E-state index < -0.39 is 10.0 Å². The standard InChI is InChI=1S/C16H24N2O3S/c1-4-9-17-10-12-18(13-11-17)22(19,20)16-7-5-15(6-8-16)21-14(2)3/h4-8,14H,1,9-13H2,2-3H3. The number of benzene rings is 1. The molecule has 0 radical (unpaired) electrons. The zero-order chi connectivity index (χ0) is 16.2. The summed E-state index contributed by atoms with van der Waals surface area (Å²) < 4.78 is 32.4. The van der Waals surface area contributed by atoms with Gasteiger partial charge in [-0.2, -0.15) is 4.31 Å². The summed E-state index contributed by atoms with van der Waals surface area (Å²) in [5.41, 5.74) is 0. The number of rotatable bonds is 6. The lowest BCUT2D eigenvalue weighted by atomic mass is 10.3. The van der Waals surface area contributed by atoms with Crippen molar-refractivity contribution in [2.24, 2.45) is 0 Å². The van der Waals surface area contributed by atoms with Crippen molar-refractivity contribution in [2.75, 3.05) is 32.7 Å². The molecule has 0 unspecified atom stereocenters. The average molecular weight is 324 g/mol. The van der Waals surface area contributed by atoms with E-state index in [1.165, 1.54) is 0 Å². The Bertz CT molecular complexity index is 588. The molecule has 0 aliphatic carbocycles. The number of ether oxygens (including phenoxy) is 1.